The van der Waals surface area contributed by atoms with Crippen molar-refractivity contribution in [2.75, 3.05) is 11.1 Å². The van der Waals surface area contributed by atoms with Crippen molar-refractivity contribution in [2.45, 2.75) is 27.3 Å². The SMILES string of the molecule is CC(C)(C)C(=O)NCc1ccc(C(=O)Nc2ccccc2N)cc1.Cl. The molecule has 0 aliphatic carbocycles. The number of amides is 2. The smallest absolute Gasteiger partial charge is 0.255 e. The maximum atomic E-state index is 12.2. The van der Waals surface area contributed by atoms with Crippen molar-refractivity contribution in [3.8, 4) is 0 Å². The van der Waals surface area contributed by atoms with Crippen LogP contribution < -0.4 is 16.4 Å². The van der Waals surface area contributed by atoms with Crippen LogP contribution in [0.25, 0.3) is 0 Å². The molecule has 0 bridgehead atoms. The number of hydrogen-bond donors (Lipinski definition) is 3. The Hall–Kier alpha value is -2.53. The van der Waals surface area contributed by atoms with Gasteiger partial charge in [-0.3, -0.25) is 9.59 Å². The molecule has 2 amide bonds. The summed E-state index contributed by atoms with van der Waals surface area (Å²) in [7, 11) is 0. The second-order valence-corrected chi connectivity index (χ2v) is 6.67. The van der Waals surface area contributed by atoms with E-state index in [1.54, 1.807) is 24.3 Å². The van der Waals surface area contributed by atoms with Gasteiger partial charge in [0.15, 0.2) is 0 Å². The number of nitrogens with one attached hydrogen (secondary N) is 2. The second kappa shape index (κ2) is 8.53. The van der Waals surface area contributed by atoms with Crippen molar-refractivity contribution >= 4 is 35.6 Å². The van der Waals surface area contributed by atoms with Crippen LogP contribution >= 0.6 is 12.4 Å². The maximum absolute atomic E-state index is 12.2. The number of para-hydroxylation sites is 2. The lowest BCUT2D eigenvalue weighted by atomic mass is 9.95. The van der Waals surface area contributed by atoms with Gasteiger partial charge in [-0.05, 0) is 29.8 Å². The first kappa shape index (κ1) is 20.5. The predicted octanol–water partition coefficient (Wildman–Crippen LogP) is 3.61. The molecule has 0 atom stereocenters. The lowest BCUT2D eigenvalue weighted by molar-refractivity contribution is -0.128. The fourth-order valence-corrected chi connectivity index (χ4v) is 2.03. The number of carbonyl (C=O) groups excluding carboxylic acids is 2. The van der Waals surface area contributed by atoms with Crippen LogP contribution in [0.15, 0.2) is 48.5 Å². The summed E-state index contributed by atoms with van der Waals surface area (Å²) in [6.07, 6.45) is 0. The number of benzene rings is 2. The van der Waals surface area contributed by atoms with Gasteiger partial charge in [-0.2, -0.15) is 0 Å². The summed E-state index contributed by atoms with van der Waals surface area (Å²) in [6, 6.07) is 14.2. The molecule has 2 aromatic rings. The fraction of sp³-hybridized carbons (Fsp3) is 0.263. The highest BCUT2D eigenvalue weighted by atomic mass is 35.5. The predicted molar refractivity (Wildman–Crippen MR) is 104 cm³/mol. The summed E-state index contributed by atoms with van der Waals surface area (Å²) in [5, 5.41) is 5.66. The molecule has 0 spiro atoms. The molecule has 25 heavy (non-hydrogen) atoms. The normalized spacial score (nSPS) is 10.5. The molecule has 0 saturated heterocycles. The Morgan fingerprint density at radius 2 is 1.60 bits per heavy atom. The van der Waals surface area contributed by atoms with Gasteiger partial charge in [0.1, 0.15) is 0 Å². The lowest BCUT2D eigenvalue weighted by Gasteiger charge is -2.17. The third-order valence-corrected chi connectivity index (χ3v) is 3.56. The Bertz CT molecular complexity index is 737. The molecule has 134 valence electrons. The second-order valence-electron chi connectivity index (χ2n) is 6.67. The highest BCUT2D eigenvalue weighted by Crippen LogP contribution is 2.18. The first-order chi connectivity index (χ1) is 11.3. The van der Waals surface area contributed by atoms with Gasteiger partial charge >= 0.3 is 0 Å². The molecule has 0 radical (unpaired) electrons. The van der Waals surface area contributed by atoms with Crippen LogP contribution in [0.2, 0.25) is 0 Å². The van der Waals surface area contributed by atoms with E-state index in [2.05, 4.69) is 10.6 Å². The highest BCUT2D eigenvalue weighted by Gasteiger charge is 2.20. The van der Waals surface area contributed by atoms with Crippen molar-refractivity contribution in [2.24, 2.45) is 5.41 Å². The number of carbonyl (C=O) groups is 2. The third-order valence-electron chi connectivity index (χ3n) is 3.56. The number of rotatable bonds is 4. The van der Waals surface area contributed by atoms with E-state index in [9.17, 15) is 9.59 Å². The van der Waals surface area contributed by atoms with Crippen LogP contribution in [0.4, 0.5) is 11.4 Å². The van der Waals surface area contributed by atoms with Gasteiger partial charge in [-0.25, -0.2) is 0 Å². The Labute approximate surface area is 154 Å². The van der Waals surface area contributed by atoms with E-state index in [0.29, 0.717) is 23.5 Å². The zero-order valence-electron chi connectivity index (χ0n) is 14.6. The number of hydrogen-bond acceptors (Lipinski definition) is 3. The largest absolute Gasteiger partial charge is 0.397 e. The van der Waals surface area contributed by atoms with Gasteiger partial charge in [0.25, 0.3) is 5.91 Å². The van der Waals surface area contributed by atoms with Gasteiger partial charge in [0, 0.05) is 17.5 Å². The average molecular weight is 362 g/mol. The van der Waals surface area contributed by atoms with E-state index >= 15 is 0 Å². The van der Waals surface area contributed by atoms with Crippen LogP contribution in [-0.2, 0) is 11.3 Å². The molecule has 2 aromatic carbocycles. The minimum Gasteiger partial charge on any atom is -0.397 e. The Morgan fingerprint density at radius 3 is 2.16 bits per heavy atom. The summed E-state index contributed by atoms with van der Waals surface area (Å²) in [6.45, 7) is 6.03. The molecular formula is C19H24ClN3O2. The number of halogens is 1. The standard InChI is InChI=1S/C19H23N3O2.ClH/c1-19(2,3)18(24)21-12-13-8-10-14(11-9-13)17(23)22-16-7-5-4-6-15(16)20;/h4-11H,12,20H2,1-3H3,(H,21,24)(H,22,23);1H. The minimum absolute atomic E-state index is 0. The zero-order valence-corrected chi connectivity index (χ0v) is 15.4. The van der Waals surface area contributed by atoms with Crippen molar-refractivity contribution < 1.29 is 9.59 Å². The van der Waals surface area contributed by atoms with Crippen molar-refractivity contribution in [3.05, 3.63) is 59.7 Å². The van der Waals surface area contributed by atoms with Crippen molar-refractivity contribution in [1.82, 2.24) is 5.32 Å². The molecule has 0 fully saturated rings. The summed E-state index contributed by atoms with van der Waals surface area (Å²) in [4.78, 5) is 24.1. The Morgan fingerprint density at radius 1 is 1.00 bits per heavy atom. The highest BCUT2D eigenvalue weighted by molar-refractivity contribution is 6.05. The van der Waals surface area contributed by atoms with E-state index < -0.39 is 5.41 Å². The van der Waals surface area contributed by atoms with E-state index in [0.717, 1.165) is 5.56 Å². The third kappa shape index (κ3) is 5.80. The minimum atomic E-state index is -0.421. The number of nitrogens with two attached hydrogens (primary N) is 1. The molecule has 0 heterocycles. The van der Waals surface area contributed by atoms with Crippen LogP contribution in [0, 0.1) is 5.41 Å². The maximum Gasteiger partial charge on any atom is 0.255 e. The quantitative estimate of drug-likeness (QED) is 0.727. The molecule has 0 aliphatic heterocycles. The molecule has 0 saturated carbocycles. The van der Waals surface area contributed by atoms with Crippen LogP contribution in [0.3, 0.4) is 0 Å². The monoisotopic (exact) mass is 361 g/mol. The molecule has 6 heteroatoms. The molecule has 4 N–H and O–H groups in total. The van der Waals surface area contributed by atoms with Gasteiger partial charge < -0.3 is 16.4 Å². The first-order valence-electron chi connectivity index (χ1n) is 7.80. The van der Waals surface area contributed by atoms with Crippen LogP contribution in [0.5, 0.6) is 0 Å². The van der Waals surface area contributed by atoms with Gasteiger partial charge in [0.2, 0.25) is 5.91 Å². The first-order valence-corrected chi connectivity index (χ1v) is 7.80. The van der Waals surface area contributed by atoms with E-state index in [1.807, 2.05) is 45.0 Å². The lowest BCUT2D eigenvalue weighted by Crippen LogP contribution is -2.34. The number of anilines is 2. The molecule has 0 unspecified atom stereocenters. The molecule has 0 aromatic heterocycles. The van der Waals surface area contributed by atoms with Gasteiger partial charge in [-0.15, -0.1) is 12.4 Å². The average Bonchev–Trinajstić information content (AvgIpc) is 2.54. The zero-order chi connectivity index (χ0) is 17.7. The topological polar surface area (TPSA) is 84.2 Å². The molecule has 2 rings (SSSR count). The summed E-state index contributed by atoms with van der Waals surface area (Å²) in [5.41, 5.74) is 7.97. The van der Waals surface area contributed by atoms with Crippen molar-refractivity contribution in [3.63, 3.8) is 0 Å². The van der Waals surface area contributed by atoms with Crippen LogP contribution in [-0.4, -0.2) is 11.8 Å². The van der Waals surface area contributed by atoms with E-state index in [1.165, 1.54) is 0 Å². The summed E-state index contributed by atoms with van der Waals surface area (Å²) < 4.78 is 0. The summed E-state index contributed by atoms with van der Waals surface area (Å²) >= 11 is 0. The van der Waals surface area contributed by atoms with Gasteiger partial charge in [0.05, 0.1) is 11.4 Å². The fourth-order valence-electron chi connectivity index (χ4n) is 2.03. The summed E-state index contributed by atoms with van der Waals surface area (Å²) in [5.74, 6) is -0.234. The van der Waals surface area contributed by atoms with E-state index in [-0.39, 0.29) is 24.2 Å². The van der Waals surface area contributed by atoms with E-state index in [4.69, 9.17) is 5.73 Å². The molecule has 0 aliphatic rings. The Kier molecular flexibility index (Phi) is 7.00. The van der Waals surface area contributed by atoms with Crippen LogP contribution in [0.1, 0.15) is 36.7 Å². The molecule has 5 nitrogen and oxygen atoms in total. The number of nitrogen functional groups attached to an aromatic ring is 1. The molecular weight excluding hydrogens is 338 g/mol. The van der Waals surface area contributed by atoms with Gasteiger partial charge in [-0.1, -0.05) is 45.0 Å². The van der Waals surface area contributed by atoms with Crippen molar-refractivity contribution in [1.29, 1.82) is 0 Å². The Balaban J connectivity index is 0.00000312.